The van der Waals surface area contributed by atoms with E-state index in [0.717, 1.165) is 0 Å². The second-order valence-corrected chi connectivity index (χ2v) is 2.71. The standard InChI is InChI=1S/C10H15NO3/c1-12-6-7-14-9-5-3-4-8(13-2)10(9)11/h3-5H,6-7,11H2,1-2H3. The van der Waals surface area contributed by atoms with E-state index in [-0.39, 0.29) is 0 Å². The highest BCUT2D eigenvalue weighted by Crippen LogP contribution is 2.30. The third-order valence-electron chi connectivity index (χ3n) is 1.79. The molecule has 0 aliphatic carbocycles. The zero-order valence-corrected chi connectivity index (χ0v) is 8.45. The summed E-state index contributed by atoms with van der Waals surface area (Å²) in [5.74, 6) is 1.25. The van der Waals surface area contributed by atoms with Crippen molar-refractivity contribution in [2.75, 3.05) is 33.2 Å². The van der Waals surface area contributed by atoms with Gasteiger partial charge in [0.15, 0.2) is 0 Å². The van der Waals surface area contributed by atoms with Crippen molar-refractivity contribution < 1.29 is 14.2 Å². The Kier molecular flexibility index (Phi) is 4.07. The number of hydrogen-bond donors (Lipinski definition) is 1. The van der Waals surface area contributed by atoms with Gasteiger partial charge in [-0.1, -0.05) is 6.07 Å². The van der Waals surface area contributed by atoms with Gasteiger partial charge in [0, 0.05) is 7.11 Å². The van der Waals surface area contributed by atoms with Crippen molar-refractivity contribution in [3.05, 3.63) is 18.2 Å². The van der Waals surface area contributed by atoms with Crippen LogP contribution in [0.4, 0.5) is 5.69 Å². The van der Waals surface area contributed by atoms with E-state index >= 15 is 0 Å². The number of benzene rings is 1. The van der Waals surface area contributed by atoms with Gasteiger partial charge in [0.2, 0.25) is 0 Å². The van der Waals surface area contributed by atoms with E-state index in [9.17, 15) is 0 Å². The monoisotopic (exact) mass is 197 g/mol. The first-order valence-corrected chi connectivity index (χ1v) is 4.33. The van der Waals surface area contributed by atoms with Crippen molar-refractivity contribution in [1.29, 1.82) is 0 Å². The van der Waals surface area contributed by atoms with Crippen molar-refractivity contribution in [1.82, 2.24) is 0 Å². The average molecular weight is 197 g/mol. The fourth-order valence-electron chi connectivity index (χ4n) is 1.06. The Morgan fingerprint density at radius 2 is 1.86 bits per heavy atom. The predicted octanol–water partition coefficient (Wildman–Crippen LogP) is 1.30. The van der Waals surface area contributed by atoms with Gasteiger partial charge in [0.25, 0.3) is 0 Å². The van der Waals surface area contributed by atoms with Crippen molar-refractivity contribution in [3.8, 4) is 11.5 Å². The molecule has 0 aliphatic rings. The molecule has 14 heavy (non-hydrogen) atoms. The van der Waals surface area contributed by atoms with Crippen LogP contribution in [0.3, 0.4) is 0 Å². The molecule has 0 unspecified atom stereocenters. The maximum Gasteiger partial charge on any atom is 0.146 e. The molecule has 4 nitrogen and oxygen atoms in total. The summed E-state index contributed by atoms with van der Waals surface area (Å²) >= 11 is 0. The minimum atomic E-state index is 0.480. The molecule has 0 atom stereocenters. The highest BCUT2D eigenvalue weighted by atomic mass is 16.5. The van der Waals surface area contributed by atoms with Gasteiger partial charge in [-0.3, -0.25) is 0 Å². The normalized spacial score (nSPS) is 9.86. The summed E-state index contributed by atoms with van der Waals surface area (Å²) in [5.41, 5.74) is 6.30. The molecule has 0 aromatic heterocycles. The van der Waals surface area contributed by atoms with Crippen LogP contribution in [0.1, 0.15) is 0 Å². The molecule has 0 fully saturated rings. The Labute approximate surface area is 83.6 Å². The van der Waals surface area contributed by atoms with Gasteiger partial charge in [-0.25, -0.2) is 0 Å². The molecule has 0 aliphatic heterocycles. The molecular formula is C10H15NO3. The van der Waals surface area contributed by atoms with Crippen LogP contribution in [0.25, 0.3) is 0 Å². The minimum absolute atomic E-state index is 0.480. The number of hydrogen-bond acceptors (Lipinski definition) is 4. The second-order valence-electron chi connectivity index (χ2n) is 2.71. The summed E-state index contributed by atoms with van der Waals surface area (Å²) in [6.07, 6.45) is 0. The van der Waals surface area contributed by atoms with E-state index < -0.39 is 0 Å². The Bertz CT molecular complexity index is 289. The van der Waals surface area contributed by atoms with Crippen molar-refractivity contribution in [2.24, 2.45) is 0 Å². The summed E-state index contributed by atoms with van der Waals surface area (Å²) in [6, 6.07) is 5.42. The number of methoxy groups -OCH3 is 2. The lowest BCUT2D eigenvalue weighted by Gasteiger charge is -2.10. The van der Waals surface area contributed by atoms with E-state index in [1.807, 2.05) is 6.07 Å². The van der Waals surface area contributed by atoms with Gasteiger partial charge >= 0.3 is 0 Å². The number of anilines is 1. The number of para-hydroxylation sites is 1. The highest BCUT2D eigenvalue weighted by molar-refractivity contribution is 5.62. The molecule has 1 rings (SSSR count). The van der Waals surface area contributed by atoms with Crippen LogP contribution in [-0.4, -0.2) is 27.4 Å². The van der Waals surface area contributed by atoms with Crippen LogP contribution < -0.4 is 15.2 Å². The summed E-state index contributed by atoms with van der Waals surface area (Å²) < 4.78 is 15.3. The van der Waals surface area contributed by atoms with Crippen LogP contribution in [0.5, 0.6) is 11.5 Å². The molecular weight excluding hydrogens is 182 g/mol. The molecule has 78 valence electrons. The second kappa shape index (κ2) is 5.34. The SMILES string of the molecule is COCCOc1cccc(OC)c1N. The Balaban J connectivity index is 2.66. The van der Waals surface area contributed by atoms with Crippen LogP contribution >= 0.6 is 0 Å². The lowest BCUT2D eigenvalue weighted by atomic mass is 10.3. The van der Waals surface area contributed by atoms with Crippen molar-refractivity contribution >= 4 is 5.69 Å². The number of nitrogen functional groups attached to an aromatic ring is 1. The molecule has 2 N–H and O–H groups in total. The molecule has 0 bridgehead atoms. The third kappa shape index (κ3) is 2.53. The average Bonchev–Trinajstić information content (AvgIpc) is 2.21. The minimum Gasteiger partial charge on any atom is -0.494 e. The van der Waals surface area contributed by atoms with E-state index in [1.165, 1.54) is 0 Å². The van der Waals surface area contributed by atoms with E-state index in [2.05, 4.69) is 0 Å². The number of ether oxygens (including phenoxy) is 3. The van der Waals surface area contributed by atoms with Gasteiger partial charge in [-0.2, -0.15) is 0 Å². The van der Waals surface area contributed by atoms with Crippen molar-refractivity contribution in [3.63, 3.8) is 0 Å². The fourth-order valence-corrected chi connectivity index (χ4v) is 1.06. The first kappa shape index (κ1) is 10.7. The molecule has 1 aromatic carbocycles. The highest BCUT2D eigenvalue weighted by Gasteiger charge is 2.05. The molecule has 0 amide bonds. The van der Waals surface area contributed by atoms with E-state index in [1.54, 1.807) is 26.4 Å². The van der Waals surface area contributed by atoms with Gasteiger partial charge in [-0.05, 0) is 12.1 Å². The van der Waals surface area contributed by atoms with E-state index in [0.29, 0.717) is 30.4 Å². The molecule has 0 radical (unpaired) electrons. The maximum absolute atomic E-state index is 5.79. The van der Waals surface area contributed by atoms with Crippen LogP contribution in [0.2, 0.25) is 0 Å². The van der Waals surface area contributed by atoms with Crippen LogP contribution in [-0.2, 0) is 4.74 Å². The van der Waals surface area contributed by atoms with Gasteiger partial charge in [-0.15, -0.1) is 0 Å². The zero-order chi connectivity index (χ0) is 10.4. The quantitative estimate of drug-likeness (QED) is 0.571. The lowest BCUT2D eigenvalue weighted by Crippen LogP contribution is -2.06. The zero-order valence-electron chi connectivity index (χ0n) is 8.45. The van der Waals surface area contributed by atoms with Crippen LogP contribution in [0.15, 0.2) is 18.2 Å². The number of rotatable bonds is 5. The summed E-state index contributed by atoms with van der Waals surface area (Å²) in [4.78, 5) is 0. The molecule has 1 aromatic rings. The number of nitrogens with two attached hydrogens (primary N) is 1. The lowest BCUT2D eigenvalue weighted by molar-refractivity contribution is 0.146. The third-order valence-corrected chi connectivity index (χ3v) is 1.79. The maximum atomic E-state index is 5.79. The van der Waals surface area contributed by atoms with Gasteiger partial charge in [0.05, 0.1) is 13.7 Å². The Hall–Kier alpha value is -1.42. The largest absolute Gasteiger partial charge is 0.494 e. The van der Waals surface area contributed by atoms with Gasteiger partial charge in [0.1, 0.15) is 23.8 Å². The van der Waals surface area contributed by atoms with Crippen molar-refractivity contribution in [2.45, 2.75) is 0 Å². The molecule has 0 heterocycles. The molecule has 0 saturated heterocycles. The first-order valence-electron chi connectivity index (χ1n) is 4.33. The smallest absolute Gasteiger partial charge is 0.146 e. The van der Waals surface area contributed by atoms with Gasteiger partial charge < -0.3 is 19.9 Å². The first-order chi connectivity index (χ1) is 6.79. The molecule has 0 spiro atoms. The fraction of sp³-hybridized carbons (Fsp3) is 0.400. The molecule has 0 saturated carbocycles. The summed E-state index contributed by atoms with van der Waals surface area (Å²) in [6.45, 7) is 1.02. The molecule has 4 heteroatoms. The van der Waals surface area contributed by atoms with Crippen LogP contribution in [0, 0.1) is 0 Å². The Morgan fingerprint density at radius 1 is 1.14 bits per heavy atom. The van der Waals surface area contributed by atoms with E-state index in [4.69, 9.17) is 19.9 Å². The summed E-state index contributed by atoms with van der Waals surface area (Å²) in [5, 5.41) is 0. The summed E-state index contributed by atoms with van der Waals surface area (Å²) in [7, 11) is 3.20. The predicted molar refractivity (Wildman–Crippen MR) is 54.8 cm³/mol. The topological polar surface area (TPSA) is 53.7 Å². The Morgan fingerprint density at radius 3 is 2.50 bits per heavy atom.